The fourth-order valence-electron chi connectivity index (χ4n) is 5.05. The molecule has 29 heavy (non-hydrogen) atoms. The molecule has 5 rings (SSSR count). The summed E-state index contributed by atoms with van der Waals surface area (Å²) >= 11 is 0. The SMILES string of the molecule is Cc1ccc([B-]2(c3ccccc3)C(c3ccc4ccccc4c3)=CC[O+]2C)cc1. The Labute approximate surface area is 172 Å². The van der Waals surface area contributed by atoms with Gasteiger partial charge >= 0.3 is 6.35 Å². The normalized spacial score (nSPS) is 19.4. The average Bonchev–Trinajstić information content (AvgIpc) is 3.12. The summed E-state index contributed by atoms with van der Waals surface area (Å²) in [6.07, 6.45) is 1.12. The van der Waals surface area contributed by atoms with E-state index in [0.29, 0.717) is 0 Å². The first kappa shape index (κ1) is 18.0. The molecule has 0 saturated heterocycles. The summed E-state index contributed by atoms with van der Waals surface area (Å²) in [6, 6.07) is 35.5. The summed E-state index contributed by atoms with van der Waals surface area (Å²) < 4.78 is 3.52. The molecule has 1 heterocycles. The summed E-state index contributed by atoms with van der Waals surface area (Å²) in [4.78, 5) is 0. The molecule has 0 aromatic heterocycles. The van der Waals surface area contributed by atoms with Gasteiger partial charge in [-0.1, -0.05) is 102 Å². The molecule has 4 aromatic carbocycles. The van der Waals surface area contributed by atoms with E-state index >= 15 is 0 Å². The molecular formula is C27H25BO. The molecule has 0 aliphatic carbocycles. The van der Waals surface area contributed by atoms with Gasteiger partial charge in [0, 0.05) is 0 Å². The zero-order valence-electron chi connectivity index (χ0n) is 17.0. The first-order valence-corrected chi connectivity index (χ1v) is 10.3. The molecule has 1 unspecified atom stereocenters. The molecule has 0 radical (unpaired) electrons. The lowest BCUT2D eigenvalue weighted by atomic mass is 9.27. The van der Waals surface area contributed by atoms with Gasteiger partial charge in [-0.25, -0.2) is 0 Å². The Morgan fingerprint density at radius 3 is 2.10 bits per heavy atom. The van der Waals surface area contributed by atoms with E-state index in [-0.39, 0.29) is 0 Å². The van der Waals surface area contributed by atoms with E-state index < -0.39 is 6.35 Å². The van der Waals surface area contributed by atoms with Gasteiger partial charge in [-0.15, -0.1) is 16.4 Å². The van der Waals surface area contributed by atoms with Crippen molar-refractivity contribution in [1.82, 2.24) is 0 Å². The van der Waals surface area contributed by atoms with Crippen molar-refractivity contribution in [3.8, 4) is 0 Å². The highest BCUT2D eigenvalue weighted by atomic mass is 16.6. The lowest BCUT2D eigenvalue weighted by Crippen LogP contribution is -2.64. The van der Waals surface area contributed by atoms with Crippen LogP contribution in [-0.2, 0) is 4.28 Å². The highest BCUT2D eigenvalue weighted by molar-refractivity contribution is 7.11. The lowest BCUT2D eigenvalue weighted by molar-refractivity contribution is 0.0891. The van der Waals surface area contributed by atoms with Crippen LogP contribution in [0.3, 0.4) is 0 Å². The maximum absolute atomic E-state index is 3.52. The van der Waals surface area contributed by atoms with Gasteiger partial charge in [0.25, 0.3) is 0 Å². The van der Waals surface area contributed by atoms with E-state index in [9.17, 15) is 0 Å². The Morgan fingerprint density at radius 1 is 0.690 bits per heavy atom. The zero-order valence-corrected chi connectivity index (χ0v) is 17.0. The molecule has 1 nitrogen and oxygen atoms in total. The van der Waals surface area contributed by atoms with Crippen LogP contribution >= 0.6 is 0 Å². The van der Waals surface area contributed by atoms with Crippen molar-refractivity contribution in [3.05, 3.63) is 114 Å². The van der Waals surface area contributed by atoms with Crippen LogP contribution in [0.5, 0.6) is 0 Å². The highest BCUT2D eigenvalue weighted by Crippen LogP contribution is 2.36. The van der Waals surface area contributed by atoms with Crippen LogP contribution < -0.4 is 10.9 Å². The molecule has 1 aliphatic rings. The predicted molar refractivity (Wildman–Crippen MR) is 126 cm³/mol. The van der Waals surface area contributed by atoms with Crippen LogP contribution in [-0.4, -0.2) is 20.1 Å². The van der Waals surface area contributed by atoms with Crippen LogP contribution in [0.4, 0.5) is 0 Å². The van der Waals surface area contributed by atoms with Crippen molar-refractivity contribution < 1.29 is 4.28 Å². The fraction of sp³-hybridized carbons (Fsp3) is 0.111. The van der Waals surface area contributed by atoms with Gasteiger partial charge in [0.2, 0.25) is 0 Å². The van der Waals surface area contributed by atoms with Gasteiger partial charge in [0.15, 0.2) is 0 Å². The minimum Gasteiger partial charge on any atom is -0.659 e. The van der Waals surface area contributed by atoms with E-state index in [1.165, 1.54) is 38.3 Å². The minimum absolute atomic E-state index is 0.866. The standard InChI is InChI=1S/C27H25BO/c1-21-12-16-26(17-13-21)28(25-10-4-3-5-11-25)27(18-19-29(28)2)24-15-14-22-8-6-7-9-23(22)20-24/h3-18,20H,19H2,1-2H3. The zero-order chi connectivity index (χ0) is 19.8. The molecule has 0 bridgehead atoms. The summed E-state index contributed by atoms with van der Waals surface area (Å²) in [5.74, 6) is 0. The first-order chi connectivity index (χ1) is 14.2. The van der Waals surface area contributed by atoms with Crippen LogP contribution in [0.15, 0.2) is 103 Å². The van der Waals surface area contributed by atoms with Crippen molar-refractivity contribution >= 4 is 33.5 Å². The van der Waals surface area contributed by atoms with Gasteiger partial charge in [-0.05, 0) is 29.8 Å². The summed E-state index contributed by atoms with van der Waals surface area (Å²) in [7, 11) is 2.18. The van der Waals surface area contributed by atoms with Crippen LogP contribution in [0.2, 0.25) is 0 Å². The van der Waals surface area contributed by atoms with Crippen LogP contribution in [0.1, 0.15) is 11.1 Å². The van der Waals surface area contributed by atoms with Crippen molar-refractivity contribution in [2.24, 2.45) is 0 Å². The summed E-state index contributed by atoms with van der Waals surface area (Å²) in [5, 5.41) is 2.57. The number of benzene rings is 4. The van der Waals surface area contributed by atoms with E-state index in [2.05, 4.69) is 121 Å². The Kier molecular flexibility index (Phi) is 4.37. The second-order valence-corrected chi connectivity index (χ2v) is 8.19. The molecule has 1 aliphatic heterocycles. The van der Waals surface area contributed by atoms with E-state index in [1.807, 2.05) is 0 Å². The van der Waals surface area contributed by atoms with Crippen LogP contribution in [0, 0.1) is 6.92 Å². The predicted octanol–water partition coefficient (Wildman–Crippen LogP) is 5.03. The molecule has 1 atom stereocenters. The molecule has 142 valence electrons. The minimum atomic E-state index is -1.27. The molecule has 0 amide bonds. The third kappa shape index (κ3) is 2.83. The first-order valence-electron chi connectivity index (χ1n) is 10.3. The Morgan fingerprint density at radius 2 is 1.34 bits per heavy atom. The number of fused-ring (bicyclic) bond motifs is 1. The molecule has 0 saturated carbocycles. The number of rotatable bonds is 3. The van der Waals surface area contributed by atoms with Crippen molar-refractivity contribution in [3.63, 3.8) is 0 Å². The number of hydrogen-bond acceptors (Lipinski definition) is 0. The molecular weight excluding hydrogens is 351 g/mol. The summed E-state index contributed by atoms with van der Waals surface area (Å²) in [5.41, 5.74) is 6.64. The molecule has 0 spiro atoms. The molecule has 2 heteroatoms. The van der Waals surface area contributed by atoms with Gasteiger partial charge in [-0.3, -0.25) is 0 Å². The maximum atomic E-state index is 3.52. The Hall–Kier alpha value is -3.10. The van der Waals surface area contributed by atoms with E-state index in [1.54, 1.807) is 0 Å². The molecule has 0 N–H and O–H groups in total. The topological polar surface area (TPSA) is 2.70 Å². The van der Waals surface area contributed by atoms with Gasteiger partial charge < -0.3 is 4.28 Å². The van der Waals surface area contributed by atoms with E-state index in [0.717, 1.165) is 6.61 Å². The summed E-state index contributed by atoms with van der Waals surface area (Å²) in [6.45, 7) is 3.02. The third-order valence-corrected chi connectivity index (χ3v) is 6.51. The third-order valence-electron chi connectivity index (χ3n) is 6.51. The fourth-order valence-corrected chi connectivity index (χ4v) is 5.05. The maximum Gasteiger partial charge on any atom is 0.377 e. The van der Waals surface area contributed by atoms with Crippen LogP contribution in [0.25, 0.3) is 16.2 Å². The molecule has 4 aromatic rings. The monoisotopic (exact) mass is 376 g/mol. The second kappa shape index (κ2) is 7.06. The number of aryl methyl sites for hydroxylation is 1. The lowest BCUT2D eigenvalue weighted by Gasteiger charge is -2.43. The molecule has 0 fully saturated rings. The average molecular weight is 376 g/mol. The highest BCUT2D eigenvalue weighted by Gasteiger charge is 2.48. The number of hydrogen-bond donors (Lipinski definition) is 0. The largest absolute Gasteiger partial charge is 0.659 e. The van der Waals surface area contributed by atoms with E-state index in [4.69, 9.17) is 0 Å². The second-order valence-electron chi connectivity index (χ2n) is 8.19. The Balaban J connectivity index is 1.77. The van der Waals surface area contributed by atoms with Gasteiger partial charge in [0.05, 0.1) is 7.11 Å². The quantitative estimate of drug-likeness (QED) is 0.349. The van der Waals surface area contributed by atoms with Crippen molar-refractivity contribution in [2.45, 2.75) is 6.92 Å². The Bertz CT molecular complexity index is 1190. The van der Waals surface area contributed by atoms with Crippen molar-refractivity contribution in [2.75, 3.05) is 13.7 Å². The van der Waals surface area contributed by atoms with Gasteiger partial charge in [0.1, 0.15) is 6.61 Å². The van der Waals surface area contributed by atoms with Crippen molar-refractivity contribution in [1.29, 1.82) is 0 Å². The van der Waals surface area contributed by atoms with Gasteiger partial charge in [-0.2, -0.15) is 0 Å². The smallest absolute Gasteiger partial charge is 0.377 e.